The molecule has 12 nitrogen and oxygen atoms in total. The first kappa shape index (κ1) is 28.0. The molecule has 14 heteroatoms. The number of aromatic amines is 1. The van der Waals surface area contributed by atoms with E-state index in [-0.39, 0.29) is 43.7 Å². The molecule has 2 aliphatic rings. The van der Waals surface area contributed by atoms with E-state index in [1.807, 2.05) is 12.1 Å². The van der Waals surface area contributed by atoms with Gasteiger partial charge in [-0.1, -0.05) is 23.2 Å². The smallest absolute Gasteiger partial charge is 0.290 e. The van der Waals surface area contributed by atoms with Gasteiger partial charge in [-0.05, 0) is 30.3 Å². The minimum absolute atomic E-state index is 0.0462. The van der Waals surface area contributed by atoms with Crippen LogP contribution in [0.15, 0.2) is 59.3 Å². The second kappa shape index (κ2) is 11.6. The molecule has 3 amide bonds. The Kier molecular flexibility index (Phi) is 7.78. The number of amides is 3. The molecule has 3 N–H and O–H groups in total. The van der Waals surface area contributed by atoms with E-state index in [0.717, 1.165) is 16.6 Å². The van der Waals surface area contributed by atoms with Gasteiger partial charge in [-0.25, -0.2) is 0 Å². The van der Waals surface area contributed by atoms with Crippen molar-refractivity contribution >= 4 is 51.8 Å². The predicted octanol–water partition coefficient (Wildman–Crippen LogP) is 3.65. The lowest BCUT2D eigenvalue weighted by atomic mass is 10.1. The van der Waals surface area contributed by atoms with Crippen LogP contribution in [0.1, 0.15) is 22.7 Å². The first-order chi connectivity index (χ1) is 20.3. The zero-order valence-electron chi connectivity index (χ0n) is 22.0. The van der Waals surface area contributed by atoms with Crippen molar-refractivity contribution in [1.29, 1.82) is 0 Å². The summed E-state index contributed by atoms with van der Waals surface area (Å²) in [6.07, 6.45) is 3.58. The van der Waals surface area contributed by atoms with Crippen molar-refractivity contribution < 1.29 is 33.0 Å². The monoisotopic (exact) mass is 613 g/mol. The minimum atomic E-state index is -1.06. The molecule has 1 unspecified atom stereocenters. The van der Waals surface area contributed by atoms with Gasteiger partial charge in [0.05, 0.1) is 42.9 Å². The van der Waals surface area contributed by atoms with Crippen molar-refractivity contribution in [2.75, 3.05) is 26.3 Å². The molecule has 0 saturated carbocycles. The van der Waals surface area contributed by atoms with Crippen LogP contribution < -0.4 is 15.4 Å². The molecule has 5 heterocycles. The number of nitrogens with one attached hydrogen (secondary N) is 3. The van der Waals surface area contributed by atoms with Crippen molar-refractivity contribution in [3.05, 3.63) is 76.4 Å². The summed E-state index contributed by atoms with van der Waals surface area (Å²) in [6, 6.07) is 10.4. The molecule has 2 aliphatic heterocycles. The number of ether oxygens (including phenoxy) is 3. The molecule has 218 valence electrons. The fourth-order valence-corrected chi connectivity index (χ4v) is 5.26. The number of pyridine rings is 1. The molecule has 42 heavy (non-hydrogen) atoms. The molecule has 0 bridgehead atoms. The van der Waals surface area contributed by atoms with Gasteiger partial charge in [0.2, 0.25) is 11.8 Å². The molecule has 6 rings (SSSR count). The third-order valence-electron chi connectivity index (χ3n) is 6.97. The van der Waals surface area contributed by atoms with Gasteiger partial charge in [0.25, 0.3) is 11.9 Å². The van der Waals surface area contributed by atoms with E-state index < -0.39 is 23.6 Å². The van der Waals surface area contributed by atoms with E-state index >= 15 is 0 Å². The summed E-state index contributed by atoms with van der Waals surface area (Å²) >= 11 is 11.9. The number of H-pyrrole nitrogens is 1. The number of benzene rings is 1. The zero-order valence-corrected chi connectivity index (χ0v) is 23.5. The van der Waals surface area contributed by atoms with E-state index in [2.05, 4.69) is 20.6 Å². The quantitative estimate of drug-likeness (QED) is 0.273. The Morgan fingerprint density at radius 3 is 2.69 bits per heavy atom. The van der Waals surface area contributed by atoms with Gasteiger partial charge in [-0.3, -0.25) is 19.4 Å². The lowest BCUT2D eigenvalue weighted by molar-refractivity contribution is -0.152. The van der Waals surface area contributed by atoms with Crippen LogP contribution in [0.2, 0.25) is 10.0 Å². The maximum Gasteiger partial charge on any atom is 0.290 e. The average Bonchev–Trinajstić information content (AvgIpc) is 3.79. The van der Waals surface area contributed by atoms with Crippen LogP contribution in [0.5, 0.6) is 11.7 Å². The van der Waals surface area contributed by atoms with E-state index in [1.54, 1.807) is 24.5 Å². The van der Waals surface area contributed by atoms with Crippen LogP contribution in [0.25, 0.3) is 10.9 Å². The Bertz CT molecular complexity index is 1620. The molecule has 4 aromatic rings. The molecule has 1 aromatic carbocycles. The van der Waals surface area contributed by atoms with Crippen molar-refractivity contribution in [2.45, 2.75) is 24.8 Å². The maximum atomic E-state index is 13.3. The zero-order chi connectivity index (χ0) is 29.3. The van der Waals surface area contributed by atoms with Gasteiger partial charge in [0, 0.05) is 47.5 Å². The number of nitrogens with zero attached hydrogens (tertiary/aromatic N) is 2. The summed E-state index contributed by atoms with van der Waals surface area (Å²) in [5.41, 5.74) is 1.69. The maximum absolute atomic E-state index is 13.3. The Labute approximate surface area is 249 Å². The van der Waals surface area contributed by atoms with Gasteiger partial charge in [-0.15, -0.1) is 0 Å². The van der Waals surface area contributed by atoms with Gasteiger partial charge < -0.3 is 39.1 Å². The highest BCUT2D eigenvalue weighted by atomic mass is 35.5. The Morgan fingerprint density at radius 2 is 1.90 bits per heavy atom. The Morgan fingerprint density at radius 1 is 1.07 bits per heavy atom. The summed E-state index contributed by atoms with van der Waals surface area (Å²) in [7, 11) is 0. The van der Waals surface area contributed by atoms with Crippen molar-refractivity contribution in [1.82, 2.24) is 25.5 Å². The third-order valence-corrected chi connectivity index (χ3v) is 7.71. The lowest BCUT2D eigenvalue weighted by Crippen LogP contribution is -2.49. The SMILES string of the molecule is O=C(NCC(=O)N1CC2(CC1C(=O)NCc1cc3cnccc3[nH]1)OCCO2)c1ccc(Oc2ccc(Cl)c(Cl)c2)o1. The second-order valence-corrected chi connectivity index (χ2v) is 10.6. The summed E-state index contributed by atoms with van der Waals surface area (Å²) < 4.78 is 22.6. The number of hydrogen-bond donors (Lipinski definition) is 3. The number of likely N-dealkylation sites (tertiary alicyclic amines) is 1. The summed E-state index contributed by atoms with van der Waals surface area (Å²) in [5, 5.41) is 7.02. The first-order valence-corrected chi connectivity index (χ1v) is 13.8. The van der Waals surface area contributed by atoms with Crippen LogP contribution in [0.3, 0.4) is 0 Å². The minimum Gasteiger partial charge on any atom is -0.426 e. The van der Waals surface area contributed by atoms with Crippen molar-refractivity contribution in [3.63, 3.8) is 0 Å². The summed E-state index contributed by atoms with van der Waals surface area (Å²) in [6.45, 7) is 0.628. The fraction of sp³-hybridized carbons (Fsp3) is 0.286. The highest BCUT2D eigenvalue weighted by Crippen LogP contribution is 2.35. The molecule has 1 atom stereocenters. The standard InChI is InChI=1S/C28H25Cl2N5O7/c29-19-2-1-18(10-20(19)30)41-25-4-3-23(42-25)27(38)33-14-24(36)35-15-28(39-7-8-40-28)11-22(35)26(37)32-13-17-9-16-12-31-6-5-21(16)34-17/h1-6,9-10,12,22,34H,7-8,11,13-15H2,(H,32,37)(H,33,38). The second-order valence-electron chi connectivity index (χ2n) is 9.80. The molecule has 0 aliphatic carbocycles. The number of halogens is 2. The van der Waals surface area contributed by atoms with Crippen molar-refractivity contribution in [2.24, 2.45) is 0 Å². The van der Waals surface area contributed by atoms with Gasteiger partial charge in [0.1, 0.15) is 11.8 Å². The van der Waals surface area contributed by atoms with E-state index in [9.17, 15) is 14.4 Å². The molecule has 1 spiro atoms. The van der Waals surface area contributed by atoms with Gasteiger partial charge >= 0.3 is 0 Å². The van der Waals surface area contributed by atoms with E-state index in [4.69, 9.17) is 41.8 Å². The fourth-order valence-electron chi connectivity index (χ4n) is 4.97. The molecular weight excluding hydrogens is 589 g/mol. The number of rotatable bonds is 8. The molecule has 2 saturated heterocycles. The number of furan rings is 1. The number of fused-ring (bicyclic) bond motifs is 1. The largest absolute Gasteiger partial charge is 0.426 e. The molecular formula is C28H25Cl2N5O7. The van der Waals surface area contributed by atoms with E-state index in [0.29, 0.717) is 29.0 Å². The highest BCUT2D eigenvalue weighted by molar-refractivity contribution is 6.42. The summed E-state index contributed by atoms with van der Waals surface area (Å²) in [4.78, 5) is 47.9. The van der Waals surface area contributed by atoms with Crippen LogP contribution in [-0.2, 0) is 25.6 Å². The van der Waals surface area contributed by atoms with Crippen LogP contribution in [0.4, 0.5) is 0 Å². The normalized spacial score (nSPS) is 17.6. The molecule has 3 aromatic heterocycles. The first-order valence-electron chi connectivity index (χ1n) is 13.1. The number of carbonyl (C=O) groups is 3. The average molecular weight is 614 g/mol. The molecule has 0 radical (unpaired) electrons. The third kappa shape index (κ3) is 5.93. The number of carbonyl (C=O) groups excluding carboxylic acids is 3. The lowest BCUT2D eigenvalue weighted by Gasteiger charge is -2.24. The number of hydrogen-bond acceptors (Lipinski definition) is 8. The van der Waals surface area contributed by atoms with Gasteiger partial charge in [-0.2, -0.15) is 0 Å². The Balaban J connectivity index is 1.07. The van der Waals surface area contributed by atoms with E-state index in [1.165, 1.54) is 23.1 Å². The number of aromatic nitrogens is 2. The van der Waals surface area contributed by atoms with Crippen molar-refractivity contribution in [3.8, 4) is 11.7 Å². The van der Waals surface area contributed by atoms with Crippen LogP contribution in [0, 0.1) is 0 Å². The summed E-state index contributed by atoms with van der Waals surface area (Å²) in [5.74, 6) is -2.19. The van der Waals surface area contributed by atoms with Gasteiger partial charge in [0.15, 0.2) is 11.5 Å². The predicted molar refractivity (Wildman–Crippen MR) is 150 cm³/mol. The topological polar surface area (TPSA) is 148 Å². The Hall–Kier alpha value is -4.10. The van der Waals surface area contributed by atoms with Crippen LogP contribution >= 0.6 is 23.2 Å². The highest BCUT2D eigenvalue weighted by Gasteiger charge is 2.52. The molecule has 2 fully saturated rings. The van der Waals surface area contributed by atoms with Crippen LogP contribution in [-0.4, -0.2) is 70.7 Å².